The fourth-order valence-corrected chi connectivity index (χ4v) is 2.90. The Morgan fingerprint density at radius 3 is 2.60 bits per heavy atom. The van der Waals surface area contributed by atoms with Crippen molar-refractivity contribution in [2.24, 2.45) is 0 Å². The van der Waals surface area contributed by atoms with Gasteiger partial charge in [-0.05, 0) is 29.8 Å². The number of nitrogens with two attached hydrogens (primary N) is 1. The fourth-order valence-electron chi connectivity index (χ4n) is 1.78. The van der Waals surface area contributed by atoms with Crippen LogP contribution in [0.15, 0.2) is 41.3 Å². The Balaban J connectivity index is 2.25. The molecule has 3 nitrogen and oxygen atoms in total. The second-order valence-corrected chi connectivity index (χ2v) is 5.60. The summed E-state index contributed by atoms with van der Waals surface area (Å²) in [6, 6.07) is 7.93. The van der Waals surface area contributed by atoms with E-state index in [-0.39, 0.29) is 10.6 Å². The highest BCUT2D eigenvalue weighted by Gasteiger charge is 2.12. The van der Waals surface area contributed by atoms with E-state index in [0.717, 1.165) is 6.07 Å². The van der Waals surface area contributed by atoms with Gasteiger partial charge in [-0.25, -0.2) is 8.78 Å². The van der Waals surface area contributed by atoms with E-state index < -0.39 is 22.4 Å². The first-order valence-corrected chi connectivity index (χ1v) is 7.08. The summed E-state index contributed by atoms with van der Waals surface area (Å²) in [5, 5.41) is 0. The Kier molecular flexibility index (Phi) is 4.34. The van der Waals surface area contributed by atoms with E-state index >= 15 is 0 Å². The van der Waals surface area contributed by atoms with Crippen molar-refractivity contribution in [3.8, 4) is 5.75 Å². The van der Waals surface area contributed by atoms with Gasteiger partial charge in [0.1, 0.15) is 17.4 Å². The van der Waals surface area contributed by atoms with Gasteiger partial charge in [-0.15, -0.1) is 0 Å². The third-order valence-corrected chi connectivity index (χ3v) is 4.08. The summed E-state index contributed by atoms with van der Waals surface area (Å²) in [7, 11) is -0.130. The monoisotopic (exact) mass is 297 g/mol. The molecule has 20 heavy (non-hydrogen) atoms. The highest BCUT2D eigenvalue weighted by atomic mass is 32.2. The Bertz CT molecular complexity index is 662. The fraction of sp³-hybridized carbons (Fsp3) is 0.143. The molecule has 1 atom stereocenters. The molecule has 1 unspecified atom stereocenters. The molecule has 0 aliphatic rings. The Labute approximate surface area is 117 Å². The summed E-state index contributed by atoms with van der Waals surface area (Å²) in [5.74, 6) is -0.908. The van der Waals surface area contributed by atoms with Gasteiger partial charge < -0.3 is 10.5 Å². The van der Waals surface area contributed by atoms with E-state index in [9.17, 15) is 13.0 Å². The van der Waals surface area contributed by atoms with Crippen LogP contribution in [0.5, 0.6) is 5.75 Å². The third kappa shape index (κ3) is 3.33. The molecule has 0 saturated carbocycles. The minimum absolute atomic E-state index is 0.0345. The number of halogens is 2. The van der Waals surface area contributed by atoms with Crippen molar-refractivity contribution in [2.75, 3.05) is 12.8 Å². The Morgan fingerprint density at radius 2 is 1.95 bits per heavy atom. The van der Waals surface area contributed by atoms with Crippen LogP contribution in [0.3, 0.4) is 0 Å². The van der Waals surface area contributed by atoms with Crippen LogP contribution >= 0.6 is 0 Å². The number of ether oxygens (including phenoxy) is 1. The van der Waals surface area contributed by atoms with Gasteiger partial charge in [0, 0.05) is 17.8 Å². The molecular formula is C14H13F2NO2S. The van der Waals surface area contributed by atoms with Gasteiger partial charge in [-0.3, -0.25) is 4.21 Å². The maximum atomic E-state index is 13.5. The molecule has 2 aromatic carbocycles. The highest BCUT2D eigenvalue weighted by molar-refractivity contribution is 7.84. The lowest BCUT2D eigenvalue weighted by Gasteiger charge is -2.07. The summed E-state index contributed by atoms with van der Waals surface area (Å²) in [5.41, 5.74) is 6.82. The van der Waals surface area contributed by atoms with Gasteiger partial charge >= 0.3 is 0 Å². The number of rotatable bonds is 4. The second kappa shape index (κ2) is 6.00. The van der Waals surface area contributed by atoms with E-state index in [1.54, 1.807) is 18.2 Å². The molecule has 0 radical (unpaired) electrons. The minimum Gasteiger partial charge on any atom is -0.497 e. The van der Waals surface area contributed by atoms with E-state index in [1.165, 1.54) is 13.2 Å². The van der Waals surface area contributed by atoms with Crippen molar-refractivity contribution in [3.05, 3.63) is 53.6 Å². The topological polar surface area (TPSA) is 52.3 Å². The van der Waals surface area contributed by atoms with Gasteiger partial charge in [0.05, 0.1) is 28.6 Å². The van der Waals surface area contributed by atoms with Crippen LogP contribution in [0.1, 0.15) is 5.56 Å². The molecule has 0 aliphatic heterocycles. The predicted octanol–water partition coefficient (Wildman–Crippen LogP) is 2.86. The molecule has 0 bridgehead atoms. The van der Waals surface area contributed by atoms with Crippen LogP contribution in [-0.4, -0.2) is 11.3 Å². The van der Waals surface area contributed by atoms with Crippen LogP contribution in [0.25, 0.3) is 0 Å². The van der Waals surface area contributed by atoms with Crippen molar-refractivity contribution in [1.82, 2.24) is 0 Å². The normalized spacial score (nSPS) is 12.2. The Morgan fingerprint density at radius 1 is 1.20 bits per heavy atom. The second-order valence-electron chi connectivity index (χ2n) is 4.18. The lowest BCUT2D eigenvalue weighted by atomic mass is 10.2. The smallest absolute Gasteiger partial charge is 0.142 e. The van der Waals surface area contributed by atoms with Crippen LogP contribution in [0.4, 0.5) is 14.5 Å². The van der Waals surface area contributed by atoms with Gasteiger partial charge in [0.25, 0.3) is 0 Å². The molecule has 0 saturated heterocycles. The molecular weight excluding hydrogens is 284 g/mol. The molecule has 0 aromatic heterocycles. The predicted molar refractivity (Wildman–Crippen MR) is 73.9 cm³/mol. The van der Waals surface area contributed by atoms with Crippen molar-refractivity contribution < 1.29 is 17.7 Å². The standard InChI is InChI=1S/C14H13F2NO2S/c1-19-12-5-9(4-11(17)7-12)8-20(18)14-3-2-10(15)6-13(14)16/h2-7H,8,17H2,1H3. The number of hydrogen-bond acceptors (Lipinski definition) is 3. The third-order valence-electron chi connectivity index (χ3n) is 2.66. The molecule has 0 heterocycles. The zero-order chi connectivity index (χ0) is 14.7. The van der Waals surface area contributed by atoms with E-state index in [4.69, 9.17) is 10.5 Å². The SMILES string of the molecule is COc1cc(N)cc(CS(=O)c2ccc(F)cc2F)c1. The lowest BCUT2D eigenvalue weighted by Crippen LogP contribution is -2.01. The summed E-state index contributed by atoms with van der Waals surface area (Å²) >= 11 is 0. The van der Waals surface area contributed by atoms with Crippen molar-refractivity contribution in [3.63, 3.8) is 0 Å². The first-order valence-electron chi connectivity index (χ1n) is 5.76. The van der Waals surface area contributed by atoms with Crippen LogP contribution in [-0.2, 0) is 16.6 Å². The quantitative estimate of drug-likeness (QED) is 0.883. The summed E-state index contributed by atoms with van der Waals surface area (Å²) in [6.45, 7) is 0. The zero-order valence-corrected chi connectivity index (χ0v) is 11.5. The average Bonchev–Trinajstić information content (AvgIpc) is 2.37. The van der Waals surface area contributed by atoms with E-state index in [2.05, 4.69) is 0 Å². The first kappa shape index (κ1) is 14.5. The van der Waals surface area contributed by atoms with E-state index in [0.29, 0.717) is 23.1 Å². The average molecular weight is 297 g/mol. The number of nitrogen functional groups attached to an aromatic ring is 1. The first-order chi connectivity index (χ1) is 9.49. The molecule has 6 heteroatoms. The molecule has 0 spiro atoms. The largest absolute Gasteiger partial charge is 0.497 e. The minimum atomic E-state index is -1.63. The summed E-state index contributed by atoms with van der Waals surface area (Å²) in [6.07, 6.45) is 0. The number of benzene rings is 2. The summed E-state index contributed by atoms with van der Waals surface area (Å²) in [4.78, 5) is -0.0345. The molecule has 0 fully saturated rings. The van der Waals surface area contributed by atoms with Crippen LogP contribution in [0, 0.1) is 11.6 Å². The highest BCUT2D eigenvalue weighted by Crippen LogP contribution is 2.22. The Hall–Kier alpha value is -1.95. The van der Waals surface area contributed by atoms with E-state index in [1.807, 2.05) is 0 Å². The number of methoxy groups -OCH3 is 1. The molecule has 2 aromatic rings. The van der Waals surface area contributed by atoms with Crippen LogP contribution < -0.4 is 10.5 Å². The van der Waals surface area contributed by atoms with Crippen molar-refractivity contribution >= 4 is 16.5 Å². The lowest BCUT2D eigenvalue weighted by molar-refractivity contribution is 0.414. The summed E-state index contributed by atoms with van der Waals surface area (Å²) < 4.78 is 43.5. The van der Waals surface area contributed by atoms with Crippen LogP contribution in [0.2, 0.25) is 0 Å². The molecule has 2 N–H and O–H groups in total. The van der Waals surface area contributed by atoms with Gasteiger partial charge in [-0.1, -0.05) is 0 Å². The number of hydrogen-bond donors (Lipinski definition) is 1. The molecule has 106 valence electrons. The number of anilines is 1. The molecule has 0 aliphatic carbocycles. The van der Waals surface area contributed by atoms with Crippen molar-refractivity contribution in [2.45, 2.75) is 10.6 Å². The molecule has 2 rings (SSSR count). The molecule has 0 amide bonds. The van der Waals surface area contributed by atoms with Gasteiger partial charge in [0.15, 0.2) is 0 Å². The van der Waals surface area contributed by atoms with Gasteiger partial charge in [0.2, 0.25) is 0 Å². The maximum Gasteiger partial charge on any atom is 0.142 e. The zero-order valence-electron chi connectivity index (χ0n) is 10.7. The maximum absolute atomic E-state index is 13.5. The van der Waals surface area contributed by atoms with Gasteiger partial charge in [-0.2, -0.15) is 0 Å². The van der Waals surface area contributed by atoms with Crippen molar-refractivity contribution in [1.29, 1.82) is 0 Å².